The Hall–Kier alpha value is -2.11. The van der Waals surface area contributed by atoms with Crippen LogP contribution >= 0.6 is 0 Å². The van der Waals surface area contributed by atoms with E-state index in [2.05, 4.69) is 25.9 Å². The highest BCUT2D eigenvalue weighted by Crippen LogP contribution is 2.17. The lowest BCUT2D eigenvalue weighted by Gasteiger charge is -2.16. The molecule has 6 heteroatoms. The zero-order chi connectivity index (χ0) is 15.8. The van der Waals surface area contributed by atoms with Crippen LogP contribution in [-0.2, 0) is 4.79 Å². The van der Waals surface area contributed by atoms with Gasteiger partial charge in [-0.3, -0.25) is 9.79 Å². The maximum absolute atomic E-state index is 11.9. The topological polar surface area (TPSA) is 78.4 Å². The lowest BCUT2D eigenvalue weighted by molar-refractivity contribution is -0.116. The van der Waals surface area contributed by atoms with Crippen molar-refractivity contribution in [3.05, 3.63) is 23.9 Å². The molecule has 0 atom stereocenters. The number of hydrogen-bond donors (Lipinski definition) is 3. The standard InChI is InChI=1S/C16H25N5O/c1-12-6-5-9-14(19-12)21-15(22)10-11-18-16(17-2)20-13-7-3-4-8-13/h5-6,9,13H,3-4,7-8,10-11H2,1-2H3,(H2,17,18,20)(H,19,21,22). The number of pyridine rings is 1. The van der Waals surface area contributed by atoms with Gasteiger partial charge in [0.05, 0.1) is 0 Å². The Bertz CT molecular complexity index is 523. The van der Waals surface area contributed by atoms with Crippen LogP contribution in [0.2, 0.25) is 0 Å². The van der Waals surface area contributed by atoms with Crippen LogP contribution in [0.1, 0.15) is 37.8 Å². The van der Waals surface area contributed by atoms with E-state index < -0.39 is 0 Å². The Labute approximate surface area is 131 Å². The molecule has 0 aromatic carbocycles. The number of aromatic nitrogens is 1. The number of carbonyl (C=O) groups is 1. The second-order valence-electron chi connectivity index (χ2n) is 5.59. The molecule has 0 spiro atoms. The number of guanidine groups is 1. The molecular weight excluding hydrogens is 278 g/mol. The Kier molecular flexibility index (Phi) is 6.18. The summed E-state index contributed by atoms with van der Waals surface area (Å²) in [6, 6.07) is 6.08. The molecule has 0 aliphatic heterocycles. The van der Waals surface area contributed by atoms with Crippen LogP contribution in [0, 0.1) is 6.92 Å². The van der Waals surface area contributed by atoms with Crippen molar-refractivity contribution in [2.75, 3.05) is 18.9 Å². The summed E-state index contributed by atoms with van der Waals surface area (Å²) in [5.41, 5.74) is 0.886. The van der Waals surface area contributed by atoms with Gasteiger partial charge in [-0.15, -0.1) is 0 Å². The minimum absolute atomic E-state index is 0.0538. The Morgan fingerprint density at radius 3 is 2.82 bits per heavy atom. The Morgan fingerprint density at radius 2 is 2.14 bits per heavy atom. The number of nitrogens with one attached hydrogen (secondary N) is 3. The second kappa shape index (κ2) is 8.36. The molecule has 22 heavy (non-hydrogen) atoms. The molecule has 1 saturated carbocycles. The molecule has 3 N–H and O–H groups in total. The fraction of sp³-hybridized carbons (Fsp3) is 0.562. The van der Waals surface area contributed by atoms with Gasteiger partial charge in [0.2, 0.25) is 5.91 Å². The number of carbonyl (C=O) groups excluding carboxylic acids is 1. The smallest absolute Gasteiger partial charge is 0.227 e. The van der Waals surface area contributed by atoms with Gasteiger partial charge in [0.1, 0.15) is 5.82 Å². The molecule has 0 saturated heterocycles. The van der Waals surface area contributed by atoms with Crippen LogP contribution in [0.3, 0.4) is 0 Å². The molecule has 0 bridgehead atoms. The fourth-order valence-corrected chi connectivity index (χ4v) is 2.57. The van der Waals surface area contributed by atoms with Crippen LogP contribution in [-0.4, -0.2) is 36.5 Å². The molecule has 1 heterocycles. The number of hydrogen-bond acceptors (Lipinski definition) is 3. The first-order chi connectivity index (χ1) is 10.7. The summed E-state index contributed by atoms with van der Waals surface area (Å²) < 4.78 is 0. The van der Waals surface area contributed by atoms with E-state index in [9.17, 15) is 4.79 Å². The molecule has 1 aromatic rings. The predicted octanol–water partition coefficient (Wildman–Crippen LogP) is 1.83. The number of amides is 1. The molecule has 1 amide bonds. The third-order valence-electron chi connectivity index (χ3n) is 3.72. The van der Waals surface area contributed by atoms with Gasteiger partial charge >= 0.3 is 0 Å². The van der Waals surface area contributed by atoms with Gasteiger partial charge in [-0.1, -0.05) is 18.9 Å². The largest absolute Gasteiger partial charge is 0.356 e. The maximum atomic E-state index is 11.9. The second-order valence-corrected chi connectivity index (χ2v) is 5.59. The van der Waals surface area contributed by atoms with Crippen molar-refractivity contribution >= 4 is 17.7 Å². The number of aryl methyl sites for hydroxylation is 1. The molecule has 2 rings (SSSR count). The van der Waals surface area contributed by atoms with Gasteiger partial charge in [0, 0.05) is 31.7 Å². The first-order valence-electron chi connectivity index (χ1n) is 7.88. The molecule has 1 aliphatic rings. The van der Waals surface area contributed by atoms with Crippen molar-refractivity contribution < 1.29 is 4.79 Å². The SMILES string of the molecule is CN=C(NCCC(=O)Nc1cccc(C)n1)NC1CCCC1. The summed E-state index contributed by atoms with van der Waals surface area (Å²) in [7, 11) is 1.75. The quantitative estimate of drug-likeness (QED) is 0.573. The van der Waals surface area contributed by atoms with Gasteiger partial charge in [-0.05, 0) is 31.9 Å². The molecule has 0 radical (unpaired) electrons. The van der Waals surface area contributed by atoms with Crippen LogP contribution in [0.4, 0.5) is 5.82 Å². The molecular formula is C16H25N5O. The van der Waals surface area contributed by atoms with Crippen LogP contribution in [0.5, 0.6) is 0 Å². The van der Waals surface area contributed by atoms with E-state index in [0.717, 1.165) is 11.7 Å². The zero-order valence-electron chi connectivity index (χ0n) is 13.4. The molecule has 120 valence electrons. The van der Waals surface area contributed by atoms with Crippen molar-refractivity contribution in [2.24, 2.45) is 4.99 Å². The van der Waals surface area contributed by atoms with E-state index in [0.29, 0.717) is 24.8 Å². The van der Waals surface area contributed by atoms with Crippen molar-refractivity contribution in [3.63, 3.8) is 0 Å². The van der Waals surface area contributed by atoms with Crippen molar-refractivity contribution in [3.8, 4) is 0 Å². The molecule has 1 fully saturated rings. The first-order valence-corrected chi connectivity index (χ1v) is 7.88. The van der Waals surface area contributed by atoms with Gasteiger partial charge in [0.25, 0.3) is 0 Å². The molecule has 6 nitrogen and oxygen atoms in total. The van der Waals surface area contributed by atoms with Crippen LogP contribution < -0.4 is 16.0 Å². The minimum atomic E-state index is -0.0538. The average Bonchev–Trinajstić information content (AvgIpc) is 2.99. The van der Waals surface area contributed by atoms with Crippen LogP contribution in [0.25, 0.3) is 0 Å². The Morgan fingerprint density at radius 1 is 1.36 bits per heavy atom. The molecule has 1 aromatic heterocycles. The normalized spacial score (nSPS) is 15.6. The Balaban J connectivity index is 1.69. The lowest BCUT2D eigenvalue weighted by atomic mass is 10.2. The number of aliphatic imine (C=N–C) groups is 1. The minimum Gasteiger partial charge on any atom is -0.356 e. The van der Waals surface area contributed by atoms with Crippen LogP contribution in [0.15, 0.2) is 23.2 Å². The summed E-state index contributed by atoms with van der Waals surface area (Å²) >= 11 is 0. The zero-order valence-corrected chi connectivity index (χ0v) is 13.4. The highest BCUT2D eigenvalue weighted by molar-refractivity contribution is 5.90. The van der Waals surface area contributed by atoms with E-state index in [-0.39, 0.29) is 5.91 Å². The monoisotopic (exact) mass is 303 g/mol. The van der Waals surface area contributed by atoms with E-state index >= 15 is 0 Å². The number of anilines is 1. The summed E-state index contributed by atoms with van der Waals surface area (Å²) in [5.74, 6) is 1.31. The molecule has 1 aliphatic carbocycles. The van der Waals surface area contributed by atoms with E-state index in [1.165, 1.54) is 25.7 Å². The first kappa shape index (κ1) is 16.3. The number of rotatable bonds is 5. The van der Waals surface area contributed by atoms with E-state index in [1.54, 1.807) is 13.1 Å². The van der Waals surface area contributed by atoms with E-state index in [1.807, 2.05) is 19.1 Å². The van der Waals surface area contributed by atoms with Crippen molar-refractivity contribution in [1.29, 1.82) is 0 Å². The van der Waals surface area contributed by atoms with Gasteiger partial charge in [-0.2, -0.15) is 0 Å². The summed E-state index contributed by atoms with van der Waals surface area (Å²) in [5, 5.41) is 9.37. The van der Waals surface area contributed by atoms with E-state index in [4.69, 9.17) is 0 Å². The summed E-state index contributed by atoms with van der Waals surface area (Å²) in [6.45, 7) is 2.44. The maximum Gasteiger partial charge on any atom is 0.227 e. The summed E-state index contributed by atoms with van der Waals surface area (Å²) in [6.07, 6.45) is 5.32. The third kappa shape index (κ3) is 5.35. The van der Waals surface area contributed by atoms with Gasteiger partial charge < -0.3 is 16.0 Å². The third-order valence-corrected chi connectivity index (χ3v) is 3.72. The highest BCUT2D eigenvalue weighted by atomic mass is 16.1. The van der Waals surface area contributed by atoms with Crippen molar-refractivity contribution in [2.45, 2.75) is 45.1 Å². The summed E-state index contributed by atoms with van der Waals surface area (Å²) in [4.78, 5) is 20.3. The lowest BCUT2D eigenvalue weighted by Crippen LogP contribution is -2.43. The average molecular weight is 303 g/mol. The van der Waals surface area contributed by atoms with Gasteiger partial charge in [0.15, 0.2) is 5.96 Å². The molecule has 0 unspecified atom stereocenters. The predicted molar refractivity (Wildman–Crippen MR) is 89.0 cm³/mol. The van der Waals surface area contributed by atoms with Gasteiger partial charge in [-0.25, -0.2) is 4.98 Å². The fourth-order valence-electron chi connectivity index (χ4n) is 2.57. The highest BCUT2D eigenvalue weighted by Gasteiger charge is 2.15. The van der Waals surface area contributed by atoms with Crippen molar-refractivity contribution in [1.82, 2.24) is 15.6 Å². The number of nitrogens with zero attached hydrogens (tertiary/aromatic N) is 2.